The number of anilines is 3. The van der Waals surface area contributed by atoms with Crippen LogP contribution in [0.5, 0.6) is 11.6 Å². The molecule has 0 radical (unpaired) electrons. The molecule has 3 aromatic rings. The molecule has 2 aromatic heterocycles. The molecular formula is C20H23ClN8O. The lowest BCUT2D eigenvalue weighted by atomic mass is 10.3. The first-order valence-electron chi connectivity index (χ1n) is 9.82. The van der Waals surface area contributed by atoms with E-state index in [0.717, 1.165) is 26.2 Å². The van der Waals surface area contributed by atoms with Crippen molar-refractivity contribution < 1.29 is 4.74 Å². The van der Waals surface area contributed by atoms with Crippen molar-refractivity contribution in [2.45, 2.75) is 13.3 Å². The number of aryl methyl sites for hydroxylation is 1. The van der Waals surface area contributed by atoms with Crippen molar-refractivity contribution in [2.75, 3.05) is 43.4 Å². The smallest absolute Gasteiger partial charge is 0.234 e. The fourth-order valence-electron chi connectivity index (χ4n) is 2.98. The Bertz CT molecular complexity index is 995. The minimum absolute atomic E-state index is 0.252. The number of halogens is 1. The van der Waals surface area contributed by atoms with E-state index in [1.165, 1.54) is 0 Å². The zero-order chi connectivity index (χ0) is 20.9. The van der Waals surface area contributed by atoms with Crippen LogP contribution in [-0.2, 0) is 6.42 Å². The molecule has 4 rings (SSSR count). The molecule has 3 heterocycles. The lowest BCUT2D eigenvalue weighted by Gasteiger charge is -2.32. The maximum absolute atomic E-state index is 6.17. The Balaban J connectivity index is 1.56. The topological polar surface area (TPSA) is 92.2 Å². The molecule has 0 amide bonds. The maximum atomic E-state index is 6.17. The van der Waals surface area contributed by atoms with Gasteiger partial charge in [-0.2, -0.15) is 19.9 Å². The largest absolute Gasteiger partial charge is 0.439 e. The predicted molar refractivity (Wildman–Crippen MR) is 116 cm³/mol. The van der Waals surface area contributed by atoms with Gasteiger partial charge in [-0.15, -0.1) is 0 Å². The number of hydrogen-bond donors (Lipinski definition) is 1. The Hall–Kier alpha value is -3.04. The number of para-hydroxylation sites is 1. The van der Waals surface area contributed by atoms with E-state index in [-0.39, 0.29) is 11.1 Å². The molecule has 0 bridgehead atoms. The first-order chi connectivity index (χ1) is 14.6. The van der Waals surface area contributed by atoms with Crippen LogP contribution in [0.3, 0.4) is 0 Å². The van der Waals surface area contributed by atoms with Crippen molar-refractivity contribution in [3.63, 3.8) is 0 Å². The molecule has 10 heteroatoms. The van der Waals surface area contributed by atoms with Gasteiger partial charge in [0.1, 0.15) is 16.7 Å². The maximum Gasteiger partial charge on any atom is 0.234 e. The Morgan fingerprint density at radius 3 is 2.43 bits per heavy atom. The number of benzene rings is 1. The van der Waals surface area contributed by atoms with Gasteiger partial charge in [-0.1, -0.05) is 36.7 Å². The van der Waals surface area contributed by atoms with Crippen LogP contribution in [-0.4, -0.2) is 63.0 Å². The summed E-state index contributed by atoms with van der Waals surface area (Å²) in [5.41, 5.74) is 0. The van der Waals surface area contributed by atoms with E-state index in [4.69, 9.17) is 16.3 Å². The molecule has 1 fully saturated rings. The molecule has 0 atom stereocenters. The molecule has 0 spiro atoms. The van der Waals surface area contributed by atoms with E-state index in [1.807, 2.05) is 37.3 Å². The molecule has 0 saturated carbocycles. The van der Waals surface area contributed by atoms with Crippen molar-refractivity contribution >= 4 is 29.4 Å². The normalized spacial score (nSPS) is 14.6. The third-order valence-electron chi connectivity index (χ3n) is 4.63. The summed E-state index contributed by atoms with van der Waals surface area (Å²) in [6, 6.07) is 10.9. The zero-order valence-corrected chi connectivity index (χ0v) is 17.7. The molecule has 0 aliphatic carbocycles. The summed E-state index contributed by atoms with van der Waals surface area (Å²) in [5, 5.41) is 3.30. The van der Waals surface area contributed by atoms with Gasteiger partial charge in [-0.25, -0.2) is 4.98 Å². The lowest BCUT2D eigenvalue weighted by Crippen LogP contribution is -2.45. The summed E-state index contributed by atoms with van der Waals surface area (Å²) in [4.78, 5) is 26.7. The van der Waals surface area contributed by atoms with Crippen molar-refractivity contribution in [1.29, 1.82) is 0 Å². The molecule has 30 heavy (non-hydrogen) atoms. The second kappa shape index (κ2) is 9.19. The van der Waals surface area contributed by atoms with Gasteiger partial charge in [0.25, 0.3) is 0 Å². The molecule has 156 valence electrons. The molecule has 1 N–H and O–H groups in total. The quantitative estimate of drug-likeness (QED) is 0.596. The number of hydrogen-bond acceptors (Lipinski definition) is 9. The van der Waals surface area contributed by atoms with Crippen LogP contribution in [0, 0.1) is 0 Å². The molecular weight excluding hydrogens is 404 g/mol. The first kappa shape index (κ1) is 20.2. The number of rotatable bonds is 6. The Kier molecular flexibility index (Phi) is 6.20. The van der Waals surface area contributed by atoms with E-state index in [0.29, 0.717) is 35.8 Å². The van der Waals surface area contributed by atoms with Crippen LogP contribution in [0.15, 0.2) is 36.4 Å². The van der Waals surface area contributed by atoms with Crippen molar-refractivity contribution in [3.8, 4) is 11.6 Å². The average Bonchev–Trinajstić information content (AvgIpc) is 2.74. The summed E-state index contributed by atoms with van der Waals surface area (Å²) in [5.74, 6) is 2.97. The van der Waals surface area contributed by atoms with E-state index in [1.54, 1.807) is 6.07 Å². The average molecular weight is 427 g/mol. The van der Waals surface area contributed by atoms with E-state index in [2.05, 4.69) is 47.1 Å². The Morgan fingerprint density at radius 1 is 0.967 bits per heavy atom. The van der Waals surface area contributed by atoms with Gasteiger partial charge in [-0.05, 0) is 19.2 Å². The van der Waals surface area contributed by atoms with Gasteiger partial charge in [0, 0.05) is 38.7 Å². The monoisotopic (exact) mass is 426 g/mol. The SMILES string of the molecule is CCc1nc(Nc2nc(Cl)cc(Oc3ccccc3)n2)nc(N2CCN(C)CC2)n1. The van der Waals surface area contributed by atoms with Crippen molar-refractivity contribution in [3.05, 3.63) is 47.4 Å². The van der Waals surface area contributed by atoms with E-state index >= 15 is 0 Å². The summed E-state index contributed by atoms with van der Waals surface area (Å²) < 4.78 is 5.77. The van der Waals surface area contributed by atoms with E-state index in [9.17, 15) is 0 Å². The third kappa shape index (κ3) is 5.11. The highest BCUT2D eigenvalue weighted by atomic mass is 35.5. The van der Waals surface area contributed by atoms with Crippen LogP contribution >= 0.6 is 11.6 Å². The highest BCUT2D eigenvalue weighted by molar-refractivity contribution is 6.29. The summed E-state index contributed by atoms with van der Waals surface area (Å²) in [6.45, 7) is 5.67. The summed E-state index contributed by atoms with van der Waals surface area (Å²) in [7, 11) is 2.11. The molecule has 1 aliphatic heterocycles. The number of aromatic nitrogens is 5. The first-order valence-corrected chi connectivity index (χ1v) is 10.2. The second-order valence-corrected chi connectivity index (χ2v) is 7.30. The second-order valence-electron chi connectivity index (χ2n) is 6.91. The predicted octanol–water partition coefficient (Wildman–Crippen LogP) is 3.17. The highest BCUT2D eigenvalue weighted by Crippen LogP contribution is 2.24. The lowest BCUT2D eigenvalue weighted by molar-refractivity contribution is 0.311. The van der Waals surface area contributed by atoms with Crippen LogP contribution in [0.2, 0.25) is 5.15 Å². The Morgan fingerprint density at radius 2 is 1.70 bits per heavy atom. The number of nitrogens with zero attached hydrogens (tertiary/aromatic N) is 7. The molecule has 0 unspecified atom stereocenters. The highest BCUT2D eigenvalue weighted by Gasteiger charge is 2.18. The van der Waals surface area contributed by atoms with Gasteiger partial charge >= 0.3 is 0 Å². The third-order valence-corrected chi connectivity index (χ3v) is 4.83. The van der Waals surface area contributed by atoms with Gasteiger partial charge in [-0.3, -0.25) is 5.32 Å². The number of likely N-dealkylation sites (N-methyl/N-ethyl adjacent to an activating group) is 1. The van der Waals surface area contributed by atoms with Gasteiger partial charge < -0.3 is 14.5 Å². The van der Waals surface area contributed by atoms with Gasteiger partial charge in [0.2, 0.25) is 23.7 Å². The van der Waals surface area contributed by atoms with Crippen molar-refractivity contribution in [2.24, 2.45) is 0 Å². The number of piperazine rings is 1. The fourth-order valence-corrected chi connectivity index (χ4v) is 3.16. The van der Waals surface area contributed by atoms with Crippen LogP contribution in [0.4, 0.5) is 17.8 Å². The van der Waals surface area contributed by atoms with Gasteiger partial charge in [0.05, 0.1) is 0 Å². The molecule has 1 saturated heterocycles. The number of nitrogens with one attached hydrogen (secondary N) is 1. The van der Waals surface area contributed by atoms with Crippen LogP contribution in [0.25, 0.3) is 0 Å². The fraction of sp³-hybridized carbons (Fsp3) is 0.350. The summed E-state index contributed by atoms with van der Waals surface area (Å²) >= 11 is 6.17. The molecule has 1 aliphatic rings. The molecule has 1 aromatic carbocycles. The minimum atomic E-state index is 0.252. The van der Waals surface area contributed by atoms with Crippen LogP contribution < -0.4 is 15.0 Å². The van der Waals surface area contributed by atoms with Gasteiger partial charge in [0.15, 0.2) is 0 Å². The number of ether oxygens (including phenoxy) is 1. The zero-order valence-electron chi connectivity index (χ0n) is 16.9. The standard InChI is InChI=1S/C20H23ClN8O/c1-3-16-23-19(27-20(24-16)29-11-9-28(2)10-12-29)26-18-22-15(21)13-17(25-18)30-14-7-5-4-6-8-14/h4-8,13H,3,9-12H2,1-2H3,(H,22,23,24,25,26,27). The van der Waals surface area contributed by atoms with E-state index < -0.39 is 0 Å². The molecule has 9 nitrogen and oxygen atoms in total. The summed E-state index contributed by atoms with van der Waals surface area (Å²) in [6.07, 6.45) is 0.691. The van der Waals surface area contributed by atoms with Crippen molar-refractivity contribution in [1.82, 2.24) is 29.8 Å². The minimum Gasteiger partial charge on any atom is -0.439 e. The van der Waals surface area contributed by atoms with Crippen LogP contribution in [0.1, 0.15) is 12.7 Å². The Labute approximate surface area is 180 Å².